The summed E-state index contributed by atoms with van der Waals surface area (Å²) in [6, 6.07) is 9.56. The molecule has 3 nitrogen and oxygen atoms in total. The van der Waals surface area contributed by atoms with Crippen LogP contribution in [-0.4, -0.2) is 30.0 Å². The molecule has 1 aromatic carbocycles. The van der Waals surface area contributed by atoms with Crippen LogP contribution in [0.5, 0.6) is 0 Å². The van der Waals surface area contributed by atoms with Crippen LogP contribution in [0.1, 0.15) is 17.3 Å². The number of rotatable bonds is 6. The largest absolute Gasteiger partial charge is 0.329 e. The molecule has 0 radical (unpaired) electrons. The topological polar surface area (TPSA) is 42.2 Å². The summed E-state index contributed by atoms with van der Waals surface area (Å²) in [5.41, 5.74) is 7.00. The van der Waals surface area contributed by atoms with E-state index in [1.165, 1.54) is 6.07 Å². The van der Waals surface area contributed by atoms with Crippen molar-refractivity contribution in [3.05, 3.63) is 65.5 Å². The highest BCUT2D eigenvalue weighted by Gasteiger charge is 2.20. The van der Waals surface area contributed by atoms with Crippen LogP contribution < -0.4 is 5.73 Å². The van der Waals surface area contributed by atoms with Crippen molar-refractivity contribution in [2.45, 2.75) is 12.5 Å². The van der Waals surface area contributed by atoms with Gasteiger partial charge in [-0.3, -0.25) is 9.88 Å². The van der Waals surface area contributed by atoms with Crippen LogP contribution in [0.15, 0.2) is 42.6 Å². The fourth-order valence-electron chi connectivity index (χ4n) is 2.31. The molecule has 1 atom stereocenters. The van der Waals surface area contributed by atoms with Gasteiger partial charge in [-0.15, -0.1) is 0 Å². The van der Waals surface area contributed by atoms with Crippen LogP contribution in [0.4, 0.5) is 8.78 Å². The summed E-state index contributed by atoms with van der Waals surface area (Å²) in [5.74, 6) is -1.67. The Morgan fingerprint density at radius 1 is 1.19 bits per heavy atom. The standard InChI is InChI=1S/C16H19F2N3/c1-21(10-8-12-5-2-3-9-20-12)15(11-19)13-6-4-7-14(17)16(13)18/h2-7,9,15H,8,10-11,19H2,1H3. The second-order valence-corrected chi connectivity index (χ2v) is 4.95. The minimum Gasteiger partial charge on any atom is -0.329 e. The number of nitrogens with two attached hydrogens (primary N) is 1. The molecule has 0 aliphatic heterocycles. The molecule has 0 aliphatic rings. The summed E-state index contributed by atoms with van der Waals surface area (Å²) in [4.78, 5) is 6.17. The fraction of sp³-hybridized carbons (Fsp3) is 0.312. The highest BCUT2D eigenvalue weighted by Crippen LogP contribution is 2.23. The van der Waals surface area contributed by atoms with Crippen molar-refractivity contribution in [3.63, 3.8) is 0 Å². The van der Waals surface area contributed by atoms with Gasteiger partial charge < -0.3 is 5.73 Å². The van der Waals surface area contributed by atoms with Crippen LogP contribution >= 0.6 is 0 Å². The van der Waals surface area contributed by atoms with E-state index in [2.05, 4.69) is 4.98 Å². The minimum absolute atomic E-state index is 0.221. The average molecular weight is 291 g/mol. The monoisotopic (exact) mass is 291 g/mol. The van der Waals surface area contributed by atoms with E-state index in [1.54, 1.807) is 12.3 Å². The highest BCUT2D eigenvalue weighted by molar-refractivity contribution is 5.23. The first-order chi connectivity index (χ1) is 10.1. The first kappa shape index (κ1) is 15.5. The zero-order chi connectivity index (χ0) is 15.2. The minimum atomic E-state index is -0.843. The zero-order valence-electron chi connectivity index (χ0n) is 12.0. The lowest BCUT2D eigenvalue weighted by molar-refractivity contribution is 0.245. The van der Waals surface area contributed by atoms with Gasteiger partial charge in [-0.05, 0) is 25.2 Å². The Balaban J connectivity index is 2.08. The Morgan fingerprint density at radius 2 is 2.00 bits per heavy atom. The lowest BCUT2D eigenvalue weighted by Gasteiger charge is -2.27. The van der Waals surface area contributed by atoms with E-state index in [0.29, 0.717) is 12.1 Å². The number of likely N-dealkylation sites (N-methyl/N-ethyl adjacent to an activating group) is 1. The van der Waals surface area contributed by atoms with Crippen molar-refractivity contribution in [1.82, 2.24) is 9.88 Å². The zero-order valence-corrected chi connectivity index (χ0v) is 12.0. The average Bonchev–Trinajstić information content (AvgIpc) is 2.51. The maximum Gasteiger partial charge on any atom is 0.163 e. The maximum absolute atomic E-state index is 13.9. The predicted molar refractivity (Wildman–Crippen MR) is 78.7 cm³/mol. The van der Waals surface area contributed by atoms with Gasteiger partial charge in [0.1, 0.15) is 0 Å². The molecular formula is C16H19F2N3. The normalized spacial score (nSPS) is 12.6. The Hall–Kier alpha value is -1.85. The number of pyridine rings is 1. The van der Waals surface area contributed by atoms with E-state index >= 15 is 0 Å². The second-order valence-electron chi connectivity index (χ2n) is 4.95. The molecule has 0 spiro atoms. The van der Waals surface area contributed by atoms with Gasteiger partial charge in [0.05, 0.1) is 0 Å². The van der Waals surface area contributed by atoms with E-state index in [0.717, 1.165) is 18.2 Å². The van der Waals surface area contributed by atoms with Gasteiger partial charge in [0.2, 0.25) is 0 Å². The van der Waals surface area contributed by atoms with Crippen molar-refractivity contribution in [1.29, 1.82) is 0 Å². The van der Waals surface area contributed by atoms with Crippen molar-refractivity contribution in [3.8, 4) is 0 Å². The Morgan fingerprint density at radius 3 is 2.67 bits per heavy atom. The number of halogens is 2. The van der Waals surface area contributed by atoms with Crippen molar-refractivity contribution in [2.24, 2.45) is 5.73 Å². The molecule has 1 aromatic heterocycles. The number of nitrogens with zero attached hydrogens (tertiary/aromatic N) is 2. The molecule has 0 bridgehead atoms. The molecule has 0 saturated carbocycles. The number of hydrogen-bond donors (Lipinski definition) is 1. The number of aromatic nitrogens is 1. The number of hydrogen-bond acceptors (Lipinski definition) is 3. The van der Waals surface area contributed by atoms with Crippen LogP contribution in [-0.2, 0) is 6.42 Å². The smallest absolute Gasteiger partial charge is 0.163 e. The van der Waals surface area contributed by atoms with Crippen molar-refractivity contribution < 1.29 is 8.78 Å². The van der Waals surface area contributed by atoms with Crippen LogP contribution in [0, 0.1) is 11.6 Å². The van der Waals surface area contributed by atoms with E-state index in [1.807, 2.05) is 30.1 Å². The molecule has 0 aliphatic carbocycles. The lowest BCUT2D eigenvalue weighted by Crippen LogP contribution is -2.33. The Kier molecular flexibility index (Phi) is 5.36. The maximum atomic E-state index is 13.9. The third-order valence-corrected chi connectivity index (χ3v) is 3.54. The summed E-state index contributed by atoms with van der Waals surface area (Å²) < 4.78 is 27.2. The summed E-state index contributed by atoms with van der Waals surface area (Å²) >= 11 is 0. The molecular weight excluding hydrogens is 272 g/mol. The molecule has 2 aromatic rings. The molecule has 112 valence electrons. The Labute approximate surface area is 123 Å². The molecule has 21 heavy (non-hydrogen) atoms. The van der Waals surface area contributed by atoms with Crippen LogP contribution in [0.25, 0.3) is 0 Å². The van der Waals surface area contributed by atoms with E-state index in [9.17, 15) is 8.78 Å². The first-order valence-electron chi connectivity index (χ1n) is 6.87. The molecule has 1 heterocycles. The Bertz CT molecular complexity index is 575. The lowest BCUT2D eigenvalue weighted by atomic mass is 10.0. The summed E-state index contributed by atoms with van der Waals surface area (Å²) in [7, 11) is 1.85. The van der Waals surface area contributed by atoms with E-state index in [-0.39, 0.29) is 12.6 Å². The van der Waals surface area contributed by atoms with E-state index < -0.39 is 11.6 Å². The third kappa shape index (κ3) is 3.83. The summed E-state index contributed by atoms with van der Waals surface area (Å²) in [6.45, 7) is 0.883. The molecule has 0 saturated heterocycles. The molecule has 0 fully saturated rings. The van der Waals surface area contributed by atoms with Crippen molar-refractivity contribution >= 4 is 0 Å². The van der Waals surface area contributed by atoms with Gasteiger partial charge in [-0.25, -0.2) is 8.78 Å². The van der Waals surface area contributed by atoms with Crippen LogP contribution in [0.3, 0.4) is 0 Å². The van der Waals surface area contributed by atoms with Gasteiger partial charge in [0.15, 0.2) is 11.6 Å². The second kappa shape index (κ2) is 7.24. The molecule has 1 unspecified atom stereocenters. The SMILES string of the molecule is CN(CCc1ccccn1)C(CN)c1cccc(F)c1F. The molecule has 2 rings (SSSR count). The van der Waals surface area contributed by atoms with Gasteiger partial charge in [-0.1, -0.05) is 18.2 Å². The van der Waals surface area contributed by atoms with Gasteiger partial charge in [0.25, 0.3) is 0 Å². The van der Waals surface area contributed by atoms with Crippen LogP contribution in [0.2, 0.25) is 0 Å². The summed E-state index contributed by atoms with van der Waals surface area (Å²) in [5, 5.41) is 0. The molecule has 2 N–H and O–H groups in total. The fourth-order valence-corrected chi connectivity index (χ4v) is 2.31. The summed E-state index contributed by atoms with van der Waals surface area (Å²) in [6.07, 6.45) is 2.47. The predicted octanol–water partition coefficient (Wildman–Crippen LogP) is 2.53. The van der Waals surface area contributed by atoms with Crippen molar-refractivity contribution in [2.75, 3.05) is 20.1 Å². The third-order valence-electron chi connectivity index (χ3n) is 3.54. The molecule has 0 amide bonds. The first-order valence-corrected chi connectivity index (χ1v) is 6.87. The molecule has 5 heteroatoms. The van der Waals surface area contributed by atoms with E-state index in [4.69, 9.17) is 5.73 Å². The van der Waals surface area contributed by atoms with Gasteiger partial charge >= 0.3 is 0 Å². The van der Waals surface area contributed by atoms with Gasteiger partial charge in [0, 0.05) is 43.0 Å². The number of benzene rings is 1. The van der Waals surface area contributed by atoms with Gasteiger partial charge in [-0.2, -0.15) is 0 Å². The quantitative estimate of drug-likeness (QED) is 0.889. The highest BCUT2D eigenvalue weighted by atomic mass is 19.2.